The zero-order valence-corrected chi connectivity index (χ0v) is 15.7. The summed E-state index contributed by atoms with van der Waals surface area (Å²) >= 11 is 12.0. The summed E-state index contributed by atoms with van der Waals surface area (Å²) in [6, 6.07) is 5.37. The summed E-state index contributed by atoms with van der Waals surface area (Å²) in [5.41, 5.74) is 0.960. The van der Waals surface area contributed by atoms with Crippen LogP contribution in [0.1, 0.15) is 32.3 Å². The van der Waals surface area contributed by atoms with Crippen molar-refractivity contribution in [2.75, 3.05) is 19.6 Å². The van der Waals surface area contributed by atoms with Gasteiger partial charge in [0.15, 0.2) is 0 Å². The number of amides is 2. The van der Waals surface area contributed by atoms with Crippen molar-refractivity contribution >= 4 is 35.0 Å². The summed E-state index contributed by atoms with van der Waals surface area (Å²) in [5, 5.41) is 4.18. The van der Waals surface area contributed by atoms with Crippen molar-refractivity contribution in [3.63, 3.8) is 0 Å². The third-order valence-corrected chi connectivity index (χ3v) is 4.89. The Morgan fingerprint density at radius 1 is 1.33 bits per heavy atom. The van der Waals surface area contributed by atoms with E-state index in [4.69, 9.17) is 23.2 Å². The van der Waals surface area contributed by atoms with E-state index in [1.807, 2.05) is 24.8 Å². The number of carbonyl (C=O) groups excluding carboxylic acids is 2. The topological polar surface area (TPSA) is 49.4 Å². The van der Waals surface area contributed by atoms with Gasteiger partial charge in [-0.1, -0.05) is 43.1 Å². The number of halogens is 2. The molecule has 0 saturated carbocycles. The quantitative estimate of drug-likeness (QED) is 0.861. The molecule has 0 unspecified atom stereocenters. The second kappa shape index (κ2) is 8.72. The second-order valence-electron chi connectivity index (χ2n) is 6.55. The van der Waals surface area contributed by atoms with Crippen LogP contribution in [0.5, 0.6) is 0 Å². The molecule has 2 rings (SSSR count). The number of carbonyl (C=O) groups is 2. The number of nitrogens with one attached hydrogen (secondary N) is 1. The van der Waals surface area contributed by atoms with Gasteiger partial charge in [-0.25, -0.2) is 0 Å². The predicted octanol–water partition coefficient (Wildman–Crippen LogP) is 3.55. The highest BCUT2D eigenvalue weighted by Gasteiger charge is 2.29. The van der Waals surface area contributed by atoms with Crippen molar-refractivity contribution in [1.82, 2.24) is 10.2 Å². The maximum atomic E-state index is 12.4. The van der Waals surface area contributed by atoms with Crippen LogP contribution in [-0.4, -0.2) is 36.3 Å². The van der Waals surface area contributed by atoms with E-state index in [0.717, 1.165) is 24.9 Å². The second-order valence-corrected chi connectivity index (χ2v) is 7.40. The van der Waals surface area contributed by atoms with Crippen LogP contribution in [0.2, 0.25) is 10.0 Å². The molecule has 1 aromatic carbocycles. The number of hydrogen-bond donors (Lipinski definition) is 1. The Bertz CT molecular complexity index is 605. The molecule has 1 atom stereocenters. The molecule has 0 aromatic heterocycles. The molecule has 0 aliphatic carbocycles. The fourth-order valence-corrected chi connectivity index (χ4v) is 3.45. The van der Waals surface area contributed by atoms with E-state index in [2.05, 4.69) is 5.32 Å². The first-order valence-corrected chi connectivity index (χ1v) is 9.14. The minimum absolute atomic E-state index is 0.0151. The van der Waals surface area contributed by atoms with Gasteiger partial charge in [0.25, 0.3) is 0 Å². The monoisotopic (exact) mass is 370 g/mol. The van der Waals surface area contributed by atoms with Gasteiger partial charge >= 0.3 is 0 Å². The molecule has 132 valence electrons. The number of piperidine rings is 1. The fourth-order valence-electron chi connectivity index (χ4n) is 2.95. The summed E-state index contributed by atoms with van der Waals surface area (Å²) in [4.78, 5) is 26.3. The summed E-state index contributed by atoms with van der Waals surface area (Å²) in [5.74, 6) is -0.0113. The van der Waals surface area contributed by atoms with Crippen molar-refractivity contribution in [3.8, 4) is 0 Å². The molecule has 6 heteroatoms. The molecular weight excluding hydrogens is 347 g/mol. The van der Waals surface area contributed by atoms with Crippen molar-refractivity contribution < 1.29 is 9.59 Å². The molecule has 1 saturated heterocycles. The van der Waals surface area contributed by atoms with Crippen LogP contribution in [0.3, 0.4) is 0 Å². The van der Waals surface area contributed by atoms with Gasteiger partial charge in [-0.2, -0.15) is 0 Å². The Labute approximate surface area is 153 Å². The maximum Gasteiger partial charge on any atom is 0.225 e. The third kappa shape index (κ3) is 5.12. The zero-order valence-electron chi connectivity index (χ0n) is 14.1. The first-order valence-electron chi connectivity index (χ1n) is 8.39. The Morgan fingerprint density at radius 3 is 2.75 bits per heavy atom. The van der Waals surface area contributed by atoms with E-state index in [9.17, 15) is 9.59 Å². The van der Waals surface area contributed by atoms with Crippen LogP contribution in [-0.2, 0) is 16.0 Å². The van der Waals surface area contributed by atoms with Crippen LogP contribution < -0.4 is 5.32 Å². The Hall–Kier alpha value is -1.26. The lowest BCUT2D eigenvalue weighted by molar-refractivity contribution is -0.138. The molecule has 0 spiro atoms. The van der Waals surface area contributed by atoms with Gasteiger partial charge < -0.3 is 10.2 Å². The standard InChI is InChI=1S/C18H24Cl2N2O2/c1-12(2)18(24)22-9-3-4-14(11-22)17(23)21-8-7-13-5-6-15(19)10-16(13)20/h5-6,10,12,14H,3-4,7-9,11H2,1-2H3,(H,21,23)/t14-/m0/s1. The molecule has 1 aliphatic rings. The van der Waals surface area contributed by atoms with Gasteiger partial charge in [-0.15, -0.1) is 0 Å². The smallest absolute Gasteiger partial charge is 0.225 e. The van der Waals surface area contributed by atoms with Crippen molar-refractivity contribution in [2.45, 2.75) is 33.1 Å². The first kappa shape index (κ1) is 19.1. The highest BCUT2D eigenvalue weighted by atomic mass is 35.5. The van der Waals surface area contributed by atoms with Gasteiger partial charge in [0, 0.05) is 35.6 Å². The van der Waals surface area contributed by atoms with E-state index in [0.29, 0.717) is 29.6 Å². The molecular formula is C18H24Cl2N2O2. The van der Waals surface area contributed by atoms with Crippen molar-refractivity contribution in [2.24, 2.45) is 11.8 Å². The molecule has 2 amide bonds. The van der Waals surface area contributed by atoms with Gasteiger partial charge in [0.1, 0.15) is 0 Å². The first-order chi connectivity index (χ1) is 11.4. The van der Waals surface area contributed by atoms with Crippen LogP contribution >= 0.6 is 23.2 Å². The number of nitrogens with zero attached hydrogens (tertiary/aromatic N) is 1. The lowest BCUT2D eigenvalue weighted by Crippen LogP contribution is -2.46. The van der Waals surface area contributed by atoms with Crippen LogP contribution in [0, 0.1) is 11.8 Å². The Morgan fingerprint density at radius 2 is 2.08 bits per heavy atom. The largest absolute Gasteiger partial charge is 0.355 e. The Balaban J connectivity index is 1.82. The van der Waals surface area contributed by atoms with Gasteiger partial charge in [0.05, 0.1) is 5.92 Å². The maximum absolute atomic E-state index is 12.4. The molecule has 1 aliphatic heterocycles. The van der Waals surface area contributed by atoms with Gasteiger partial charge in [-0.3, -0.25) is 9.59 Å². The average Bonchev–Trinajstić information content (AvgIpc) is 2.56. The third-order valence-electron chi connectivity index (χ3n) is 4.31. The molecule has 4 nitrogen and oxygen atoms in total. The normalized spacial score (nSPS) is 17.9. The highest BCUT2D eigenvalue weighted by Crippen LogP contribution is 2.21. The predicted molar refractivity (Wildman–Crippen MR) is 97.3 cm³/mol. The Kier molecular flexibility index (Phi) is 6.93. The van der Waals surface area contributed by atoms with Crippen molar-refractivity contribution in [3.05, 3.63) is 33.8 Å². The average molecular weight is 371 g/mol. The number of rotatable bonds is 5. The lowest BCUT2D eigenvalue weighted by atomic mass is 9.96. The fraction of sp³-hybridized carbons (Fsp3) is 0.556. The SMILES string of the molecule is CC(C)C(=O)N1CCC[C@H](C(=O)NCCc2ccc(Cl)cc2Cl)C1. The minimum atomic E-state index is -0.123. The summed E-state index contributed by atoms with van der Waals surface area (Å²) in [6.45, 7) is 5.57. The van der Waals surface area contributed by atoms with E-state index < -0.39 is 0 Å². The number of likely N-dealkylation sites (tertiary alicyclic amines) is 1. The molecule has 1 N–H and O–H groups in total. The zero-order chi connectivity index (χ0) is 17.7. The molecule has 1 fully saturated rings. The molecule has 0 bridgehead atoms. The minimum Gasteiger partial charge on any atom is -0.355 e. The number of hydrogen-bond acceptors (Lipinski definition) is 2. The van der Waals surface area contributed by atoms with E-state index in [-0.39, 0.29) is 23.7 Å². The van der Waals surface area contributed by atoms with E-state index in [1.165, 1.54) is 0 Å². The van der Waals surface area contributed by atoms with Gasteiger partial charge in [0.2, 0.25) is 11.8 Å². The van der Waals surface area contributed by atoms with Crippen LogP contribution in [0.25, 0.3) is 0 Å². The van der Waals surface area contributed by atoms with Crippen LogP contribution in [0.4, 0.5) is 0 Å². The summed E-state index contributed by atoms with van der Waals surface area (Å²) in [6.07, 6.45) is 2.36. The van der Waals surface area contributed by atoms with E-state index >= 15 is 0 Å². The van der Waals surface area contributed by atoms with Crippen molar-refractivity contribution in [1.29, 1.82) is 0 Å². The van der Waals surface area contributed by atoms with Gasteiger partial charge in [-0.05, 0) is 37.0 Å². The summed E-state index contributed by atoms with van der Waals surface area (Å²) < 4.78 is 0. The number of benzene rings is 1. The molecule has 24 heavy (non-hydrogen) atoms. The molecule has 1 aromatic rings. The lowest BCUT2D eigenvalue weighted by Gasteiger charge is -2.33. The van der Waals surface area contributed by atoms with E-state index in [1.54, 1.807) is 12.1 Å². The highest BCUT2D eigenvalue weighted by molar-refractivity contribution is 6.35. The molecule has 0 radical (unpaired) electrons. The molecule has 1 heterocycles. The summed E-state index contributed by atoms with van der Waals surface area (Å²) in [7, 11) is 0. The van der Waals surface area contributed by atoms with Crippen LogP contribution in [0.15, 0.2) is 18.2 Å².